The summed E-state index contributed by atoms with van der Waals surface area (Å²) < 4.78 is 9.94. The third kappa shape index (κ3) is 4.30. The van der Waals surface area contributed by atoms with E-state index in [2.05, 4.69) is 0 Å². The molecule has 0 aromatic heterocycles. The van der Waals surface area contributed by atoms with Crippen molar-refractivity contribution in [2.24, 2.45) is 0 Å². The Labute approximate surface area is 103 Å². The number of nitrogens with two attached hydrogens (primary N) is 1. The van der Waals surface area contributed by atoms with Crippen molar-refractivity contribution in [2.45, 2.75) is 6.42 Å². The van der Waals surface area contributed by atoms with Crippen LogP contribution in [0.25, 0.3) is 0 Å². The van der Waals surface area contributed by atoms with Crippen LogP contribution in [0.4, 0.5) is 5.69 Å². The molecular weight excluding hydrogens is 242 g/mol. The summed E-state index contributed by atoms with van der Waals surface area (Å²) in [5, 5.41) is 17.0. The molecule has 7 nitrogen and oxygen atoms in total. The fourth-order valence-electron chi connectivity index (χ4n) is 1.12. The largest absolute Gasteiger partial charge is 0.489 e. The Bertz CT molecular complexity index is 445. The van der Waals surface area contributed by atoms with E-state index in [0.29, 0.717) is 5.69 Å². The Balaban J connectivity index is 2.76. The predicted octanol–water partition coefficient (Wildman–Crippen LogP) is 0.0200. The van der Waals surface area contributed by atoms with E-state index in [-0.39, 0.29) is 24.5 Å². The number of carbonyl (C=O) groups excluding carboxylic acids is 1. The Morgan fingerprint density at radius 3 is 2.61 bits per heavy atom. The number of hydrogen-bond acceptors (Lipinski definition) is 6. The molecule has 0 fully saturated rings. The second kappa shape index (κ2) is 6.45. The molecule has 0 amide bonds. The van der Waals surface area contributed by atoms with Gasteiger partial charge in [-0.1, -0.05) is 0 Å². The average molecular weight is 255 g/mol. The van der Waals surface area contributed by atoms with Crippen molar-refractivity contribution >= 4 is 17.6 Å². The number of aliphatic hydroxyl groups excluding tert-OH is 1. The number of carbonyl (C=O) groups is 2. The van der Waals surface area contributed by atoms with Gasteiger partial charge in [0.15, 0.2) is 11.5 Å². The molecule has 1 aromatic rings. The minimum absolute atomic E-state index is 0.0774. The number of aliphatic carboxylic acids is 1. The van der Waals surface area contributed by atoms with E-state index in [1.165, 1.54) is 18.2 Å². The number of esters is 1. The zero-order chi connectivity index (χ0) is 13.5. The lowest BCUT2D eigenvalue weighted by molar-refractivity contribution is -0.138. The summed E-state index contributed by atoms with van der Waals surface area (Å²) in [7, 11) is 0. The first kappa shape index (κ1) is 13.8. The third-order valence-corrected chi connectivity index (χ3v) is 1.89. The van der Waals surface area contributed by atoms with Crippen LogP contribution in [0.3, 0.4) is 0 Å². The number of aliphatic hydroxyl groups is 1. The lowest BCUT2D eigenvalue weighted by Gasteiger charge is -2.11. The molecule has 0 bridgehead atoms. The first-order valence-corrected chi connectivity index (χ1v) is 5.08. The number of carboxylic acids is 1. The molecule has 1 aromatic carbocycles. The van der Waals surface area contributed by atoms with E-state index in [0.717, 1.165) is 0 Å². The number of rotatable bonds is 6. The molecule has 0 spiro atoms. The van der Waals surface area contributed by atoms with Crippen molar-refractivity contribution < 1.29 is 29.3 Å². The molecule has 18 heavy (non-hydrogen) atoms. The van der Waals surface area contributed by atoms with Gasteiger partial charge in [-0.2, -0.15) is 0 Å². The van der Waals surface area contributed by atoms with E-state index in [1.54, 1.807) is 0 Å². The Morgan fingerprint density at radius 2 is 2.00 bits per heavy atom. The van der Waals surface area contributed by atoms with Gasteiger partial charge in [-0.3, -0.25) is 4.79 Å². The molecule has 1 rings (SSSR count). The first-order valence-electron chi connectivity index (χ1n) is 5.08. The molecule has 0 aliphatic rings. The van der Waals surface area contributed by atoms with Gasteiger partial charge in [0, 0.05) is 11.8 Å². The summed E-state index contributed by atoms with van der Waals surface area (Å²) in [5.74, 6) is -1.62. The van der Waals surface area contributed by atoms with Crippen molar-refractivity contribution in [1.29, 1.82) is 0 Å². The molecule has 7 heteroatoms. The van der Waals surface area contributed by atoms with E-state index in [4.69, 9.17) is 25.4 Å². The zero-order valence-electron chi connectivity index (χ0n) is 9.46. The molecular formula is C11H13NO6. The summed E-state index contributed by atoms with van der Waals surface area (Å²) in [4.78, 5) is 21.3. The minimum atomic E-state index is -1.01. The molecule has 0 saturated heterocycles. The highest BCUT2D eigenvalue weighted by Crippen LogP contribution is 2.29. The second-order valence-corrected chi connectivity index (χ2v) is 3.33. The molecule has 0 heterocycles. The van der Waals surface area contributed by atoms with Gasteiger partial charge >= 0.3 is 11.9 Å². The Hall–Kier alpha value is -2.28. The molecule has 98 valence electrons. The number of anilines is 1. The highest BCUT2D eigenvalue weighted by atomic mass is 16.6. The summed E-state index contributed by atoms with van der Waals surface area (Å²) in [6, 6.07) is 4.30. The SMILES string of the molecule is Nc1ccc(OC(=O)CO)c(OCCC(=O)O)c1. The van der Waals surface area contributed by atoms with Crippen LogP contribution >= 0.6 is 0 Å². The number of nitrogen functional groups attached to an aromatic ring is 1. The van der Waals surface area contributed by atoms with E-state index >= 15 is 0 Å². The van der Waals surface area contributed by atoms with Gasteiger partial charge in [0.1, 0.15) is 6.61 Å². The molecule has 0 atom stereocenters. The van der Waals surface area contributed by atoms with Crippen molar-refractivity contribution in [3.05, 3.63) is 18.2 Å². The lowest BCUT2D eigenvalue weighted by atomic mass is 10.3. The van der Waals surface area contributed by atoms with Crippen LogP contribution in [0, 0.1) is 0 Å². The topological polar surface area (TPSA) is 119 Å². The Morgan fingerprint density at radius 1 is 1.28 bits per heavy atom. The first-order chi connectivity index (χ1) is 8.52. The maximum absolute atomic E-state index is 10.9. The van der Waals surface area contributed by atoms with Gasteiger partial charge in [-0.25, -0.2) is 4.79 Å². The maximum Gasteiger partial charge on any atom is 0.337 e. The summed E-state index contributed by atoms with van der Waals surface area (Å²) in [6.07, 6.45) is -0.192. The molecule has 0 aliphatic heterocycles. The summed E-state index contributed by atoms with van der Waals surface area (Å²) in [5.41, 5.74) is 5.91. The minimum Gasteiger partial charge on any atom is -0.489 e. The van der Waals surface area contributed by atoms with Gasteiger partial charge in [0.2, 0.25) is 0 Å². The van der Waals surface area contributed by atoms with Crippen LogP contribution in [-0.4, -0.2) is 35.4 Å². The molecule has 0 aliphatic carbocycles. The summed E-state index contributed by atoms with van der Waals surface area (Å²) >= 11 is 0. The van der Waals surface area contributed by atoms with Crippen LogP contribution in [-0.2, 0) is 9.59 Å². The van der Waals surface area contributed by atoms with Gasteiger partial charge < -0.3 is 25.4 Å². The van der Waals surface area contributed by atoms with Gasteiger partial charge in [-0.15, -0.1) is 0 Å². The van der Waals surface area contributed by atoms with Crippen LogP contribution in [0.2, 0.25) is 0 Å². The second-order valence-electron chi connectivity index (χ2n) is 3.33. The summed E-state index contributed by atoms with van der Waals surface area (Å²) in [6.45, 7) is -0.846. The molecule has 0 unspecified atom stereocenters. The molecule has 0 radical (unpaired) electrons. The normalized spacial score (nSPS) is 9.83. The van der Waals surface area contributed by atoms with Gasteiger partial charge in [0.25, 0.3) is 0 Å². The van der Waals surface area contributed by atoms with Crippen molar-refractivity contribution in [3.8, 4) is 11.5 Å². The number of benzene rings is 1. The highest BCUT2D eigenvalue weighted by Gasteiger charge is 2.10. The van der Waals surface area contributed by atoms with E-state index < -0.39 is 18.5 Å². The monoisotopic (exact) mass is 255 g/mol. The standard InChI is InChI=1S/C11H13NO6/c12-7-1-2-8(18-11(16)6-13)9(5-7)17-4-3-10(14)15/h1-2,5,13H,3-4,6,12H2,(H,14,15). The number of carboxylic acid groups (broad SMARTS) is 1. The third-order valence-electron chi connectivity index (χ3n) is 1.89. The smallest absolute Gasteiger partial charge is 0.337 e. The molecule has 0 saturated carbocycles. The van der Waals surface area contributed by atoms with Gasteiger partial charge in [-0.05, 0) is 12.1 Å². The Kier molecular flexibility index (Phi) is 4.94. The highest BCUT2D eigenvalue weighted by molar-refractivity contribution is 5.74. The average Bonchev–Trinajstić information content (AvgIpc) is 2.31. The lowest BCUT2D eigenvalue weighted by Crippen LogP contribution is -2.13. The van der Waals surface area contributed by atoms with Crippen LogP contribution in [0.1, 0.15) is 6.42 Å². The zero-order valence-corrected chi connectivity index (χ0v) is 9.46. The van der Waals surface area contributed by atoms with E-state index in [1.807, 2.05) is 0 Å². The number of ether oxygens (including phenoxy) is 2. The quantitative estimate of drug-likeness (QED) is 0.372. The number of hydrogen-bond donors (Lipinski definition) is 3. The van der Waals surface area contributed by atoms with Crippen LogP contribution < -0.4 is 15.2 Å². The van der Waals surface area contributed by atoms with Crippen molar-refractivity contribution in [2.75, 3.05) is 18.9 Å². The maximum atomic E-state index is 10.9. The van der Waals surface area contributed by atoms with Crippen molar-refractivity contribution in [3.63, 3.8) is 0 Å². The molecule has 4 N–H and O–H groups in total. The van der Waals surface area contributed by atoms with E-state index in [9.17, 15) is 9.59 Å². The van der Waals surface area contributed by atoms with Crippen LogP contribution in [0.5, 0.6) is 11.5 Å². The van der Waals surface area contributed by atoms with Crippen molar-refractivity contribution in [1.82, 2.24) is 0 Å². The van der Waals surface area contributed by atoms with Crippen LogP contribution in [0.15, 0.2) is 18.2 Å². The fraction of sp³-hybridized carbons (Fsp3) is 0.273. The predicted molar refractivity (Wildman–Crippen MR) is 61.3 cm³/mol. The fourth-order valence-corrected chi connectivity index (χ4v) is 1.12. The van der Waals surface area contributed by atoms with Gasteiger partial charge in [0.05, 0.1) is 13.0 Å².